The Morgan fingerprint density at radius 2 is 1.80 bits per heavy atom. The highest BCUT2D eigenvalue weighted by Crippen LogP contribution is 2.22. The summed E-state index contributed by atoms with van der Waals surface area (Å²) < 4.78 is 42.4. The summed E-state index contributed by atoms with van der Waals surface area (Å²) >= 11 is 0. The van der Waals surface area contributed by atoms with Crippen molar-refractivity contribution >= 4 is 5.96 Å². The number of aryl methyl sites for hydroxylation is 2. The molecule has 3 N–H and O–H groups in total. The molecule has 1 heterocycles. The van der Waals surface area contributed by atoms with E-state index in [4.69, 9.17) is 5.73 Å². The van der Waals surface area contributed by atoms with Gasteiger partial charge in [-0.15, -0.1) is 13.2 Å². The van der Waals surface area contributed by atoms with Crippen LogP contribution in [-0.2, 0) is 26.1 Å². The molecule has 0 aliphatic heterocycles. The van der Waals surface area contributed by atoms with Gasteiger partial charge in [-0.05, 0) is 29.7 Å². The Morgan fingerprint density at radius 3 is 2.50 bits per heavy atom. The van der Waals surface area contributed by atoms with Gasteiger partial charge < -0.3 is 20.4 Å². The fraction of sp³-hybridized carbons (Fsp3) is 0.238. The van der Waals surface area contributed by atoms with Crippen LogP contribution in [0.5, 0.6) is 5.75 Å². The van der Waals surface area contributed by atoms with Crippen LogP contribution in [0.4, 0.5) is 13.2 Å². The molecule has 0 saturated heterocycles. The summed E-state index contributed by atoms with van der Waals surface area (Å²) in [6, 6.07) is 15.7. The van der Waals surface area contributed by atoms with E-state index in [9.17, 15) is 13.2 Å². The second-order valence-corrected chi connectivity index (χ2v) is 6.52. The van der Waals surface area contributed by atoms with Crippen LogP contribution in [0.1, 0.15) is 17.0 Å². The van der Waals surface area contributed by atoms with Crippen molar-refractivity contribution < 1.29 is 17.9 Å². The molecule has 30 heavy (non-hydrogen) atoms. The smallest absolute Gasteiger partial charge is 0.406 e. The van der Waals surface area contributed by atoms with Gasteiger partial charge in [-0.25, -0.2) is 9.98 Å². The molecule has 2 aromatic carbocycles. The summed E-state index contributed by atoms with van der Waals surface area (Å²) in [5.41, 5.74) is 7.85. The van der Waals surface area contributed by atoms with Gasteiger partial charge in [0, 0.05) is 18.9 Å². The van der Waals surface area contributed by atoms with E-state index in [0.29, 0.717) is 12.1 Å². The number of nitrogens with one attached hydrogen (secondary N) is 1. The van der Waals surface area contributed by atoms with Crippen LogP contribution < -0.4 is 15.8 Å². The van der Waals surface area contributed by atoms with Crippen molar-refractivity contribution in [2.24, 2.45) is 10.7 Å². The fourth-order valence-electron chi connectivity index (χ4n) is 2.80. The Morgan fingerprint density at radius 1 is 1.07 bits per heavy atom. The fourth-order valence-corrected chi connectivity index (χ4v) is 2.80. The minimum absolute atomic E-state index is 0.225. The summed E-state index contributed by atoms with van der Waals surface area (Å²) in [5, 5.41) is 3.01. The van der Waals surface area contributed by atoms with Crippen molar-refractivity contribution in [1.82, 2.24) is 14.9 Å². The first kappa shape index (κ1) is 21.2. The molecular weight excluding hydrogens is 395 g/mol. The number of benzene rings is 2. The summed E-state index contributed by atoms with van der Waals surface area (Å²) in [6.07, 6.45) is -0.166. The number of imidazole rings is 1. The Kier molecular flexibility index (Phi) is 6.95. The van der Waals surface area contributed by atoms with E-state index in [1.54, 1.807) is 6.20 Å². The SMILES string of the molecule is NC(=NCc1ccc(OC(F)(F)F)cc1)NCc1nccn1CCc1ccccc1. The molecule has 0 aliphatic carbocycles. The highest BCUT2D eigenvalue weighted by atomic mass is 19.4. The normalized spacial score (nSPS) is 12.0. The Bertz CT molecular complexity index is 953. The topological polar surface area (TPSA) is 77.5 Å². The van der Waals surface area contributed by atoms with Gasteiger partial charge in [0.05, 0.1) is 13.1 Å². The predicted molar refractivity (Wildman–Crippen MR) is 108 cm³/mol. The van der Waals surface area contributed by atoms with E-state index in [-0.39, 0.29) is 18.3 Å². The van der Waals surface area contributed by atoms with Gasteiger partial charge in [0.25, 0.3) is 0 Å². The average Bonchev–Trinajstić information content (AvgIpc) is 3.17. The molecule has 0 radical (unpaired) electrons. The summed E-state index contributed by atoms with van der Waals surface area (Å²) in [7, 11) is 0. The number of hydrogen-bond acceptors (Lipinski definition) is 3. The number of ether oxygens (including phenoxy) is 1. The first-order valence-corrected chi connectivity index (χ1v) is 9.31. The predicted octanol–water partition coefficient (Wildman–Crippen LogP) is 3.63. The number of guanidine groups is 1. The van der Waals surface area contributed by atoms with Gasteiger partial charge in [0.1, 0.15) is 11.6 Å². The van der Waals surface area contributed by atoms with Gasteiger partial charge in [-0.3, -0.25) is 0 Å². The lowest BCUT2D eigenvalue weighted by atomic mass is 10.1. The maximum absolute atomic E-state index is 12.2. The maximum atomic E-state index is 12.2. The van der Waals surface area contributed by atoms with Gasteiger partial charge in [0.2, 0.25) is 0 Å². The van der Waals surface area contributed by atoms with Gasteiger partial charge in [0.15, 0.2) is 5.96 Å². The number of aromatic nitrogens is 2. The highest BCUT2D eigenvalue weighted by molar-refractivity contribution is 5.77. The maximum Gasteiger partial charge on any atom is 0.573 e. The van der Waals surface area contributed by atoms with Gasteiger partial charge in [-0.2, -0.15) is 0 Å². The minimum Gasteiger partial charge on any atom is -0.406 e. The third-order valence-corrected chi connectivity index (χ3v) is 4.30. The van der Waals surface area contributed by atoms with Crippen LogP contribution in [0.15, 0.2) is 72.0 Å². The molecule has 0 aliphatic rings. The number of aliphatic imine (C=N–C) groups is 1. The first-order chi connectivity index (χ1) is 14.4. The van der Waals surface area contributed by atoms with E-state index < -0.39 is 6.36 Å². The van der Waals surface area contributed by atoms with E-state index in [0.717, 1.165) is 18.8 Å². The molecule has 0 amide bonds. The molecule has 0 atom stereocenters. The minimum atomic E-state index is -4.71. The molecule has 3 aromatic rings. The quantitative estimate of drug-likeness (QED) is 0.434. The zero-order chi connectivity index (χ0) is 21.4. The van der Waals surface area contributed by atoms with E-state index in [1.165, 1.54) is 29.8 Å². The lowest BCUT2D eigenvalue weighted by Gasteiger charge is -2.10. The van der Waals surface area contributed by atoms with Crippen molar-refractivity contribution in [2.45, 2.75) is 32.4 Å². The van der Waals surface area contributed by atoms with Crippen molar-refractivity contribution in [3.8, 4) is 5.75 Å². The molecule has 3 rings (SSSR count). The summed E-state index contributed by atoms with van der Waals surface area (Å²) in [6.45, 7) is 1.44. The van der Waals surface area contributed by atoms with Crippen LogP contribution in [0.3, 0.4) is 0 Å². The molecule has 1 aromatic heterocycles. The molecule has 6 nitrogen and oxygen atoms in total. The molecule has 0 saturated carbocycles. The van der Waals surface area contributed by atoms with E-state index in [1.807, 2.05) is 29.0 Å². The number of hydrogen-bond donors (Lipinski definition) is 2. The first-order valence-electron chi connectivity index (χ1n) is 9.31. The van der Waals surface area contributed by atoms with E-state index in [2.05, 4.69) is 32.2 Å². The molecular formula is C21H22F3N5O. The lowest BCUT2D eigenvalue weighted by Crippen LogP contribution is -2.32. The highest BCUT2D eigenvalue weighted by Gasteiger charge is 2.30. The Labute approximate surface area is 172 Å². The van der Waals surface area contributed by atoms with E-state index >= 15 is 0 Å². The van der Waals surface area contributed by atoms with Crippen LogP contribution in [0, 0.1) is 0 Å². The van der Waals surface area contributed by atoms with Crippen LogP contribution in [-0.4, -0.2) is 21.9 Å². The van der Waals surface area contributed by atoms with Crippen molar-refractivity contribution in [1.29, 1.82) is 0 Å². The Balaban J connectivity index is 1.48. The number of alkyl halides is 3. The second-order valence-electron chi connectivity index (χ2n) is 6.52. The number of halogens is 3. The van der Waals surface area contributed by atoms with Crippen LogP contribution >= 0.6 is 0 Å². The largest absolute Gasteiger partial charge is 0.573 e. The monoisotopic (exact) mass is 417 g/mol. The zero-order valence-electron chi connectivity index (χ0n) is 16.1. The molecule has 0 unspecified atom stereocenters. The molecule has 158 valence electrons. The third-order valence-electron chi connectivity index (χ3n) is 4.30. The van der Waals surface area contributed by atoms with Crippen molar-refractivity contribution in [3.63, 3.8) is 0 Å². The van der Waals surface area contributed by atoms with Gasteiger partial charge in [-0.1, -0.05) is 42.5 Å². The zero-order valence-corrected chi connectivity index (χ0v) is 16.1. The van der Waals surface area contributed by atoms with Crippen LogP contribution in [0.2, 0.25) is 0 Å². The van der Waals surface area contributed by atoms with Gasteiger partial charge >= 0.3 is 6.36 Å². The Hall–Kier alpha value is -3.49. The lowest BCUT2D eigenvalue weighted by molar-refractivity contribution is -0.274. The third kappa shape index (κ3) is 6.84. The number of nitrogens with zero attached hydrogens (tertiary/aromatic N) is 3. The molecule has 0 bridgehead atoms. The number of rotatable bonds is 8. The molecule has 0 fully saturated rings. The number of nitrogens with two attached hydrogens (primary N) is 1. The average molecular weight is 417 g/mol. The molecule has 9 heteroatoms. The summed E-state index contributed by atoms with van der Waals surface area (Å²) in [4.78, 5) is 8.55. The van der Waals surface area contributed by atoms with Crippen LogP contribution in [0.25, 0.3) is 0 Å². The van der Waals surface area contributed by atoms with Crippen molar-refractivity contribution in [2.75, 3.05) is 0 Å². The standard InChI is InChI=1S/C21H22F3N5O/c22-21(23,24)30-18-8-6-17(7-9-18)14-27-20(25)28-15-19-26-11-13-29(19)12-10-16-4-2-1-3-5-16/h1-9,11,13H,10,12,14-15H2,(H3,25,27,28). The second kappa shape index (κ2) is 9.82. The molecule has 0 spiro atoms. The van der Waals surface area contributed by atoms with Crippen molar-refractivity contribution in [3.05, 3.63) is 83.9 Å². The summed E-state index contributed by atoms with van der Waals surface area (Å²) in [5.74, 6) is 0.782.